The number of benzene rings is 1. The molecule has 1 aromatic carbocycles. The van der Waals surface area contributed by atoms with Gasteiger partial charge in [-0.1, -0.05) is 23.2 Å². The van der Waals surface area contributed by atoms with E-state index in [2.05, 4.69) is 15.1 Å². The van der Waals surface area contributed by atoms with Crippen molar-refractivity contribution in [1.29, 1.82) is 0 Å². The normalized spacial score (nSPS) is 11.3. The third kappa shape index (κ3) is 1.74. The van der Waals surface area contributed by atoms with Crippen LogP contribution in [-0.4, -0.2) is 30.7 Å². The monoisotopic (exact) mass is 298 g/mol. The lowest BCUT2D eigenvalue weighted by Crippen LogP contribution is -2.17. The second kappa shape index (κ2) is 3.94. The number of hydrogen-bond acceptors (Lipinski definition) is 4. The number of aromatic amines is 1. The van der Waals surface area contributed by atoms with Crippen molar-refractivity contribution in [2.45, 2.75) is 0 Å². The van der Waals surface area contributed by atoms with Crippen LogP contribution in [0.3, 0.4) is 0 Å². The molecule has 2 aromatic heterocycles. The molecular weight excluding hydrogens is 295 g/mol. The van der Waals surface area contributed by atoms with Crippen LogP contribution in [0, 0.1) is 0 Å². The van der Waals surface area contributed by atoms with Crippen LogP contribution >= 0.6 is 23.2 Å². The quantitative estimate of drug-likeness (QED) is 0.710. The van der Waals surface area contributed by atoms with Gasteiger partial charge in [-0.2, -0.15) is 4.52 Å². The molecule has 0 saturated carbocycles. The molecular formula is C10H4Cl2N4O3. The molecule has 3 rings (SSSR count). The summed E-state index contributed by atoms with van der Waals surface area (Å²) >= 11 is 11.9. The van der Waals surface area contributed by atoms with Gasteiger partial charge in [-0.15, -0.1) is 5.10 Å². The Morgan fingerprint density at radius 3 is 2.79 bits per heavy atom. The lowest BCUT2D eigenvalue weighted by Gasteiger charge is -2.02. The molecule has 96 valence electrons. The summed E-state index contributed by atoms with van der Waals surface area (Å²) in [6.45, 7) is 0. The van der Waals surface area contributed by atoms with Crippen LogP contribution in [0.25, 0.3) is 16.6 Å². The molecule has 0 spiro atoms. The SMILES string of the molecule is O=C(O)c1nc2c3c(Cl)cc(Cl)cc3[nH]c(=O)n2n1. The molecule has 3 aromatic rings. The van der Waals surface area contributed by atoms with Crippen molar-refractivity contribution >= 4 is 45.7 Å². The Labute approximate surface area is 114 Å². The summed E-state index contributed by atoms with van der Waals surface area (Å²) in [7, 11) is 0. The fraction of sp³-hybridized carbons (Fsp3) is 0. The highest BCUT2D eigenvalue weighted by molar-refractivity contribution is 6.39. The van der Waals surface area contributed by atoms with Crippen molar-refractivity contribution in [3.63, 3.8) is 0 Å². The van der Waals surface area contributed by atoms with Crippen molar-refractivity contribution in [2.24, 2.45) is 0 Å². The van der Waals surface area contributed by atoms with Crippen molar-refractivity contribution in [2.75, 3.05) is 0 Å². The van der Waals surface area contributed by atoms with E-state index >= 15 is 0 Å². The van der Waals surface area contributed by atoms with Gasteiger partial charge in [-0.3, -0.25) is 0 Å². The molecule has 7 nitrogen and oxygen atoms in total. The first kappa shape index (κ1) is 11.9. The highest BCUT2D eigenvalue weighted by atomic mass is 35.5. The van der Waals surface area contributed by atoms with Crippen LogP contribution in [0.15, 0.2) is 16.9 Å². The standard InChI is InChI=1S/C10H4Cl2N4O3/c11-3-1-4(12)6-5(2-3)13-10(19)16-8(6)14-7(15-16)9(17)18/h1-2H,(H,13,19)(H,17,18). The average Bonchev–Trinajstić information content (AvgIpc) is 2.73. The number of H-pyrrole nitrogens is 1. The molecule has 9 heteroatoms. The van der Waals surface area contributed by atoms with Crippen LogP contribution in [-0.2, 0) is 0 Å². The van der Waals surface area contributed by atoms with E-state index in [0.29, 0.717) is 15.9 Å². The lowest BCUT2D eigenvalue weighted by atomic mass is 10.2. The van der Waals surface area contributed by atoms with Gasteiger partial charge in [-0.05, 0) is 12.1 Å². The van der Waals surface area contributed by atoms with Crippen molar-refractivity contribution in [1.82, 2.24) is 19.6 Å². The van der Waals surface area contributed by atoms with Gasteiger partial charge >= 0.3 is 11.7 Å². The van der Waals surface area contributed by atoms with Crippen LogP contribution in [0.1, 0.15) is 10.6 Å². The Hall–Kier alpha value is -2.12. The Balaban J connectivity index is 2.58. The summed E-state index contributed by atoms with van der Waals surface area (Å²) in [5, 5.41) is 13.4. The van der Waals surface area contributed by atoms with E-state index in [0.717, 1.165) is 4.52 Å². The Morgan fingerprint density at radius 2 is 2.11 bits per heavy atom. The molecule has 2 heterocycles. The molecule has 0 saturated heterocycles. The molecule has 0 radical (unpaired) electrons. The maximum absolute atomic E-state index is 11.8. The molecule has 0 atom stereocenters. The van der Waals surface area contributed by atoms with Gasteiger partial charge in [0.2, 0.25) is 0 Å². The van der Waals surface area contributed by atoms with Gasteiger partial charge in [0.1, 0.15) is 0 Å². The highest BCUT2D eigenvalue weighted by Gasteiger charge is 2.17. The van der Waals surface area contributed by atoms with E-state index in [9.17, 15) is 9.59 Å². The van der Waals surface area contributed by atoms with E-state index in [1.165, 1.54) is 12.1 Å². The molecule has 0 unspecified atom stereocenters. The molecule has 0 aliphatic heterocycles. The average molecular weight is 299 g/mol. The van der Waals surface area contributed by atoms with E-state index in [-0.39, 0.29) is 10.7 Å². The molecule has 2 N–H and O–H groups in total. The number of nitrogens with one attached hydrogen (secondary N) is 1. The van der Waals surface area contributed by atoms with Gasteiger partial charge in [0.15, 0.2) is 5.65 Å². The maximum atomic E-state index is 11.8. The van der Waals surface area contributed by atoms with Crippen LogP contribution in [0.5, 0.6) is 0 Å². The summed E-state index contributed by atoms with van der Waals surface area (Å²) in [6, 6.07) is 2.97. The minimum absolute atomic E-state index is 0.0674. The molecule has 19 heavy (non-hydrogen) atoms. The van der Waals surface area contributed by atoms with Gasteiger partial charge < -0.3 is 10.1 Å². The topological polar surface area (TPSA) is 100 Å². The minimum atomic E-state index is -1.33. The number of hydrogen-bond donors (Lipinski definition) is 2. The number of carboxylic acids is 1. The second-order valence-corrected chi connectivity index (χ2v) is 4.56. The summed E-state index contributed by atoms with van der Waals surface area (Å²) in [4.78, 5) is 28.9. The first-order valence-corrected chi connectivity index (χ1v) is 5.74. The zero-order chi connectivity index (χ0) is 13.7. The van der Waals surface area contributed by atoms with E-state index in [1.807, 2.05) is 0 Å². The first-order valence-electron chi connectivity index (χ1n) is 4.98. The Morgan fingerprint density at radius 1 is 1.37 bits per heavy atom. The van der Waals surface area contributed by atoms with Crippen LogP contribution in [0.2, 0.25) is 10.0 Å². The number of aromatic carboxylic acids is 1. The Kier molecular flexibility index (Phi) is 2.48. The van der Waals surface area contributed by atoms with Gasteiger partial charge in [0.25, 0.3) is 5.82 Å². The van der Waals surface area contributed by atoms with E-state index in [1.54, 1.807) is 0 Å². The fourth-order valence-corrected chi connectivity index (χ4v) is 2.35. The first-order chi connectivity index (χ1) is 8.97. The predicted molar refractivity (Wildman–Crippen MR) is 68.1 cm³/mol. The summed E-state index contributed by atoms with van der Waals surface area (Å²) < 4.78 is 0.853. The van der Waals surface area contributed by atoms with Gasteiger partial charge in [0, 0.05) is 5.02 Å². The van der Waals surface area contributed by atoms with Crippen LogP contribution in [0.4, 0.5) is 0 Å². The Bertz CT molecular complexity index is 899. The highest BCUT2D eigenvalue weighted by Crippen LogP contribution is 2.28. The summed E-state index contributed by atoms with van der Waals surface area (Å²) in [5.74, 6) is -1.81. The lowest BCUT2D eigenvalue weighted by molar-refractivity contribution is 0.0684. The summed E-state index contributed by atoms with van der Waals surface area (Å²) in [5.41, 5.74) is -0.196. The molecule has 0 fully saturated rings. The number of halogens is 2. The van der Waals surface area contributed by atoms with Gasteiger partial charge in [0.05, 0.1) is 15.9 Å². The minimum Gasteiger partial charge on any atom is -0.475 e. The smallest absolute Gasteiger partial charge is 0.375 e. The second-order valence-electron chi connectivity index (χ2n) is 3.72. The zero-order valence-corrected chi connectivity index (χ0v) is 10.5. The number of rotatable bonds is 1. The molecule has 0 aliphatic carbocycles. The predicted octanol–water partition coefficient (Wildman–Crippen LogP) is 1.58. The number of fused-ring (bicyclic) bond motifs is 3. The molecule has 0 bridgehead atoms. The fourth-order valence-electron chi connectivity index (χ4n) is 1.77. The largest absolute Gasteiger partial charge is 0.475 e. The van der Waals surface area contributed by atoms with Crippen molar-refractivity contribution in [3.05, 3.63) is 38.5 Å². The van der Waals surface area contributed by atoms with Crippen LogP contribution < -0.4 is 5.69 Å². The number of carbonyl (C=O) groups is 1. The third-order valence-electron chi connectivity index (χ3n) is 2.51. The zero-order valence-electron chi connectivity index (χ0n) is 9.02. The molecule has 0 aliphatic rings. The third-order valence-corrected chi connectivity index (χ3v) is 3.03. The number of nitrogens with zero attached hydrogens (tertiary/aromatic N) is 3. The van der Waals surface area contributed by atoms with Crippen molar-refractivity contribution < 1.29 is 9.90 Å². The number of carboxylic acid groups (broad SMARTS) is 1. The molecule has 0 amide bonds. The maximum Gasteiger partial charge on any atom is 0.375 e. The van der Waals surface area contributed by atoms with E-state index < -0.39 is 17.5 Å². The van der Waals surface area contributed by atoms with Gasteiger partial charge in [-0.25, -0.2) is 14.6 Å². The summed E-state index contributed by atoms with van der Waals surface area (Å²) in [6.07, 6.45) is 0. The van der Waals surface area contributed by atoms with Crippen molar-refractivity contribution in [3.8, 4) is 0 Å². The number of aromatic nitrogens is 4. The van der Waals surface area contributed by atoms with E-state index in [4.69, 9.17) is 28.3 Å².